The van der Waals surface area contributed by atoms with Crippen LogP contribution in [0.3, 0.4) is 0 Å². The number of rotatable bonds is 14. The van der Waals surface area contributed by atoms with Crippen molar-refractivity contribution in [2.24, 2.45) is 5.92 Å². The van der Waals surface area contributed by atoms with Gasteiger partial charge in [0.15, 0.2) is 22.1 Å². The monoisotopic (exact) mass is 570 g/mol. The number of anilines is 1. The number of carbonyl (C=O) groups excluding carboxylic acids is 2. The van der Waals surface area contributed by atoms with Crippen LogP contribution in [0.2, 0.25) is 0 Å². The van der Waals surface area contributed by atoms with Crippen molar-refractivity contribution >= 4 is 40.6 Å². The largest absolute Gasteiger partial charge is 0.390 e. The highest BCUT2D eigenvalue weighted by molar-refractivity contribution is 7.99. The Labute approximate surface area is 237 Å². The molecule has 216 valence electrons. The van der Waals surface area contributed by atoms with Crippen molar-refractivity contribution in [3.63, 3.8) is 0 Å². The highest BCUT2D eigenvalue weighted by Crippen LogP contribution is 2.37. The number of nitrogens with one attached hydrogen (secondary N) is 3. The van der Waals surface area contributed by atoms with Crippen molar-refractivity contribution in [3.8, 4) is 0 Å². The molecule has 0 radical (unpaired) electrons. The predicted octanol–water partition coefficient (Wildman–Crippen LogP) is 2.04. The molecule has 2 amide bonds. The zero-order valence-electron chi connectivity index (χ0n) is 22.9. The molecule has 1 fully saturated rings. The first-order chi connectivity index (χ1) is 19.4. The fraction of sp³-hybridized carbons (Fsp3) is 0.556. The average Bonchev–Trinajstić information content (AvgIpc) is 3.51. The van der Waals surface area contributed by atoms with Crippen molar-refractivity contribution < 1.29 is 19.8 Å². The maximum absolute atomic E-state index is 12.9. The van der Waals surface area contributed by atoms with Crippen LogP contribution in [0.4, 0.5) is 5.82 Å². The number of unbranched alkanes of at least 4 members (excludes halogenated alkanes) is 1. The molecule has 1 saturated carbocycles. The molecule has 3 unspecified atom stereocenters. The lowest BCUT2D eigenvalue weighted by molar-refractivity contribution is -0.129. The number of aromatic nitrogens is 5. The first-order valence-corrected chi connectivity index (χ1v) is 14.9. The summed E-state index contributed by atoms with van der Waals surface area (Å²) in [6, 6.07) is 8.85. The molecule has 4 atom stereocenters. The molecule has 0 saturated heterocycles. The summed E-state index contributed by atoms with van der Waals surface area (Å²) in [7, 11) is 0. The summed E-state index contributed by atoms with van der Waals surface area (Å²) >= 11 is 1.52. The highest BCUT2D eigenvalue weighted by atomic mass is 32.2. The summed E-state index contributed by atoms with van der Waals surface area (Å²) < 4.78 is 1.50. The normalized spacial score (nSPS) is 20.5. The summed E-state index contributed by atoms with van der Waals surface area (Å²) in [5.41, 5.74) is 1.91. The van der Waals surface area contributed by atoms with E-state index in [1.807, 2.05) is 30.3 Å². The number of aliphatic hydroxyl groups excluding tert-OH is 2. The van der Waals surface area contributed by atoms with E-state index in [1.54, 1.807) is 0 Å². The van der Waals surface area contributed by atoms with Gasteiger partial charge in [-0.3, -0.25) is 9.59 Å². The number of amides is 2. The number of benzene rings is 1. The second kappa shape index (κ2) is 14.4. The molecule has 1 aliphatic rings. The highest BCUT2D eigenvalue weighted by Gasteiger charge is 2.47. The van der Waals surface area contributed by atoms with Gasteiger partial charge in [0.2, 0.25) is 11.8 Å². The van der Waals surface area contributed by atoms with E-state index in [2.05, 4.69) is 50.1 Å². The number of fused-ring (bicyclic) bond motifs is 1. The topological polar surface area (TPSA) is 167 Å². The van der Waals surface area contributed by atoms with Crippen molar-refractivity contribution in [3.05, 3.63) is 35.9 Å². The SMILES string of the molecule is CCCCNc1nc(SCCC)nc2c1nnn2C1C[C@H](C(=O)NCCC(=O)NCc2ccccc2)C(O)C1O. The number of nitrogens with zero attached hydrogens (tertiary/aromatic N) is 5. The molecule has 13 heteroatoms. The van der Waals surface area contributed by atoms with E-state index in [-0.39, 0.29) is 25.3 Å². The van der Waals surface area contributed by atoms with E-state index in [9.17, 15) is 19.8 Å². The van der Waals surface area contributed by atoms with Crippen LogP contribution in [0.25, 0.3) is 11.2 Å². The van der Waals surface area contributed by atoms with Crippen molar-refractivity contribution in [1.29, 1.82) is 0 Å². The van der Waals surface area contributed by atoms with Gasteiger partial charge in [0.05, 0.1) is 18.1 Å². The quantitative estimate of drug-likeness (QED) is 0.110. The Kier molecular flexibility index (Phi) is 10.7. The lowest BCUT2D eigenvalue weighted by atomic mass is 10.0. The zero-order valence-corrected chi connectivity index (χ0v) is 23.7. The predicted molar refractivity (Wildman–Crippen MR) is 153 cm³/mol. The Morgan fingerprint density at radius 2 is 1.85 bits per heavy atom. The summed E-state index contributed by atoms with van der Waals surface area (Å²) in [4.78, 5) is 34.4. The molecule has 2 heterocycles. The van der Waals surface area contributed by atoms with Crippen LogP contribution in [0.15, 0.2) is 35.5 Å². The third kappa shape index (κ3) is 7.26. The standard InChI is InChI=1S/C27H38N8O4S/c1-3-5-12-28-24-21-25(32-27(31-24)40-14-4-2)35(34-33-21)19-15-18(22(37)23(19)38)26(39)29-13-11-20(36)30-16-17-9-7-6-8-10-17/h6-10,18-19,22-23,37-38H,3-5,11-16H2,1-2H3,(H,29,39)(H,30,36)(H,28,31,32)/t18-,19?,22?,23?/m0/s1. The van der Waals surface area contributed by atoms with Gasteiger partial charge in [-0.15, -0.1) is 5.10 Å². The van der Waals surface area contributed by atoms with Gasteiger partial charge in [0.25, 0.3) is 0 Å². The number of hydrogen-bond acceptors (Lipinski definition) is 10. The van der Waals surface area contributed by atoms with Crippen LogP contribution in [0, 0.1) is 5.92 Å². The molecule has 2 aromatic heterocycles. The molecular weight excluding hydrogens is 532 g/mol. The van der Waals surface area contributed by atoms with E-state index >= 15 is 0 Å². The Morgan fingerprint density at radius 3 is 2.60 bits per heavy atom. The van der Waals surface area contributed by atoms with Gasteiger partial charge in [0, 0.05) is 31.8 Å². The molecule has 5 N–H and O–H groups in total. The van der Waals surface area contributed by atoms with Gasteiger partial charge in [0.1, 0.15) is 6.10 Å². The minimum Gasteiger partial charge on any atom is -0.390 e. The number of thioether (sulfide) groups is 1. The van der Waals surface area contributed by atoms with Crippen molar-refractivity contribution in [2.45, 2.75) is 75.9 Å². The van der Waals surface area contributed by atoms with E-state index in [0.29, 0.717) is 28.7 Å². The third-order valence-corrected chi connectivity index (χ3v) is 7.90. The summed E-state index contributed by atoms with van der Waals surface area (Å²) in [6.45, 7) is 5.44. The zero-order chi connectivity index (χ0) is 28.5. The summed E-state index contributed by atoms with van der Waals surface area (Å²) in [5, 5.41) is 39.6. The fourth-order valence-electron chi connectivity index (χ4n) is 4.62. The van der Waals surface area contributed by atoms with E-state index in [0.717, 1.165) is 37.1 Å². The second-order valence-electron chi connectivity index (χ2n) is 9.88. The van der Waals surface area contributed by atoms with Crippen LogP contribution < -0.4 is 16.0 Å². The Morgan fingerprint density at radius 1 is 1.05 bits per heavy atom. The first kappa shape index (κ1) is 29.7. The van der Waals surface area contributed by atoms with Crippen LogP contribution >= 0.6 is 11.8 Å². The van der Waals surface area contributed by atoms with Gasteiger partial charge in [-0.05, 0) is 24.8 Å². The minimum atomic E-state index is -1.30. The lowest BCUT2D eigenvalue weighted by Gasteiger charge is -2.17. The number of hydrogen-bond donors (Lipinski definition) is 5. The van der Waals surface area contributed by atoms with E-state index in [1.165, 1.54) is 16.4 Å². The maximum atomic E-state index is 12.9. The maximum Gasteiger partial charge on any atom is 0.225 e. The average molecular weight is 571 g/mol. The molecule has 0 bridgehead atoms. The molecule has 1 aliphatic carbocycles. The Bertz CT molecular complexity index is 1270. The molecule has 1 aromatic carbocycles. The summed E-state index contributed by atoms with van der Waals surface area (Å²) in [6.07, 6.45) is 0.662. The first-order valence-electron chi connectivity index (χ1n) is 13.9. The van der Waals surface area contributed by atoms with Crippen LogP contribution in [-0.4, -0.2) is 78.0 Å². The van der Waals surface area contributed by atoms with E-state index in [4.69, 9.17) is 0 Å². The molecule has 12 nitrogen and oxygen atoms in total. The van der Waals surface area contributed by atoms with Crippen LogP contribution in [0.1, 0.15) is 57.6 Å². The number of carbonyl (C=O) groups is 2. The smallest absolute Gasteiger partial charge is 0.225 e. The van der Waals surface area contributed by atoms with Crippen LogP contribution in [-0.2, 0) is 16.1 Å². The van der Waals surface area contributed by atoms with Gasteiger partial charge >= 0.3 is 0 Å². The molecule has 3 aromatic rings. The van der Waals surface area contributed by atoms with Gasteiger partial charge in [-0.1, -0.05) is 67.6 Å². The van der Waals surface area contributed by atoms with Gasteiger partial charge in [-0.2, -0.15) is 0 Å². The summed E-state index contributed by atoms with van der Waals surface area (Å²) in [5.74, 6) is -0.0626. The molecule has 0 spiro atoms. The fourth-order valence-corrected chi connectivity index (χ4v) is 5.32. The molecule has 40 heavy (non-hydrogen) atoms. The van der Waals surface area contributed by atoms with Gasteiger partial charge < -0.3 is 26.2 Å². The minimum absolute atomic E-state index is 0.101. The molecule has 4 rings (SSSR count). The molecule has 0 aliphatic heterocycles. The third-order valence-electron chi connectivity index (χ3n) is 6.85. The Hall–Kier alpha value is -3.29. The van der Waals surface area contributed by atoms with E-state index < -0.39 is 30.1 Å². The Balaban J connectivity index is 1.40. The molecular formula is C27H38N8O4S. The van der Waals surface area contributed by atoms with Crippen molar-refractivity contribution in [2.75, 3.05) is 24.2 Å². The van der Waals surface area contributed by atoms with Crippen molar-refractivity contribution in [1.82, 2.24) is 35.6 Å². The van der Waals surface area contributed by atoms with Gasteiger partial charge in [-0.25, -0.2) is 14.6 Å². The van der Waals surface area contributed by atoms with Crippen LogP contribution in [0.5, 0.6) is 0 Å². The number of aliphatic hydroxyl groups is 2. The second-order valence-corrected chi connectivity index (χ2v) is 10.9. The lowest BCUT2D eigenvalue weighted by Crippen LogP contribution is -2.39.